The van der Waals surface area contributed by atoms with Crippen molar-refractivity contribution in [1.82, 2.24) is 0 Å². The molecule has 2 aliphatic rings. The van der Waals surface area contributed by atoms with Gasteiger partial charge in [0.25, 0.3) is 11.8 Å². The number of hydrogen-bond acceptors (Lipinski definition) is 5. The van der Waals surface area contributed by atoms with Crippen molar-refractivity contribution >= 4 is 40.6 Å². The Morgan fingerprint density at radius 2 is 1.80 bits per heavy atom. The molecule has 2 aliphatic heterocycles. The number of benzene rings is 2. The van der Waals surface area contributed by atoms with Crippen molar-refractivity contribution in [3.8, 4) is 11.5 Å². The van der Waals surface area contributed by atoms with Crippen molar-refractivity contribution in [3.63, 3.8) is 0 Å². The third-order valence-electron chi connectivity index (χ3n) is 5.26. The third kappa shape index (κ3) is 3.29. The first-order valence-electron chi connectivity index (χ1n) is 9.50. The van der Waals surface area contributed by atoms with Gasteiger partial charge in [0.15, 0.2) is 17.5 Å². The lowest BCUT2D eigenvalue weighted by atomic mass is 10.0. The SMILES string of the molecule is CC1Oc2ccc(C(=O)CN3C(=O)C(C)(C)Oc4ccc(Cl)cc43)cc2N(C)C1=O. The first kappa shape index (κ1) is 20.2. The summed E-state index contributed by atoms with van der Waals surface area (Å²) in [6.45, 7) is 4.80. The maximum Gasteiger partial charge on any atom is 0.271 e. The second-order valence-electron chi connectivity index (χ2n) is 7.88. The highest BCUT2D eigenvalue weighted by Crippen LogP contribution is 2.40. The van der Waals surface area contributed by atoms with Crippen molar-refractivity contribution < 1.29 is 23.9 Å². The molecule has 4 rings (SSSR count). The molecular weight excluding hydrogens is 408 g/mol. The highest BCUT2D eigenvalue weighted by atomic mass is 35.5. The van der Waals surface area contributed by atoms with Crippen molar-refractivity contribution in [2.24, 2.45) is 0 Å². The van der Waals surface area contributed by atoms with E-state index in [1.165, 1.54) is 9.80 Å². The van der Waals surface area contributed by atoms with Crippen LogP contribution in [0.4, 0.5) is 11.4 Å². The van der Waals surface area contributed by atoms with Gasteiger partial charge in [-0.1, -0.05) is 11.6 Å². The molecule has 0 N–H and O–H groups in total. The Labute approximate surface area is 179 Å². The molecule has 2 aromatic rings. The zero-order chi connectivity index (χ0) is 21.8. The lowest BCUT2D eigenvalue weighted by Crippen LogP contribution is -2.53. The molecule has 0 saturated carbocycles. The fraction of sp³-hybridized carbons (Fsp3) is 0.318. The van der Waals surface area contributed by atoms with E-state index in [9.17, 15) is 14.4 Å². The number of Topliss-reactive ketones (excluding diaryl/α,β-unsaturated/α-hetero) is 1. The summed E-state index contributed by atoms with van der Waals surface area (Å²) < 4.78 is 11.4. The van der Waals surface area contributed by atoms with Crippen LogP contribution in [0, 0.1) is 0 Å². The summed E-state index contributed by atoms with van der Waals surface area (Å²) in [4.78, 5) is 41.1. The molecule has 156 valence electrons. The molecule has 0 saturated heterocycles. The van der Waals surface area contributed by atoms with Gasteiger partial charge >= 0.3 is 0 Å². The van der Waals surface area contributed by atoms with Crippen LogP contribution >= 0.6 is 11.6 Å². The Morgan fingerprint density at radius 1 is 1.10 bits per heavy atom. The minimum atomic E-state index is -1.12. The van der Waals surface area contributed by atoms with Crippen LogP contribution in [0.25, 0.3) is 0 Å². The van der Waals surface area contributed by atoms with E-state index in [2.05, 4.69) is 0 Å². The molecule has 30 heavy (non-hydrogen) atoms. The van der Waals surface area contributed by atoms with Gasteiger partial charge in [-0.15, -0.1) is 0 Å². The number of carbonyl (C=O) groups excluding carboxylic acids is 3. The number of anilines is 2. The molecule has 2 aromatic carbocycles. The van der Waals surface area contributed by atoms with Crippen molar-refractivity contribution in [2.45, 2.75) is 32.5 Å². The van der Waals surface area contributed by atoms with E-state index in [0.717, 1.165) is 0 Å². The van der Waals surface area contributed by atoms with E-state index in [-0.39, 0.29) is 24.1 Å². The molecule has 0 radical (unpaired) electrons. The van der Waals surface area contributed by atoms with E-state index >= 15 is 0 Å². The molecule has 0 bridgehead atoms. The second-order valence-corrected chi connectivity index (χ2v) is 8.32. The molecule has 2 heterocycles. The summed E-state index contributed by atoms with van der Waals surface area (Å²) in [5, 5.41) is 0.433. The van der Waals surface area contributed by atoms with Gasteiger partial charge in [-0.2, -0.15) is 0 Å². The van der Waals surface area contributed by atoms with Crippen molar-refractivity contribution in [1.29, 1.82) is 0 Å². The zero-order valence-electron chi connectivity index (χ0n) is 17.1. The minimum absolute atomic E-state index is 0.188. The quantitative estimate of drug-likeness (QED) is 0.699. The van der Waals surface area contributed by atoms with Gasteiger partial charge in [-0.25, -0.2) is 0 Å². The molecule has 7 nitrogen and oxygen atoms in total. The first-order valence-corrected chi connectivity index (χ1v) is 9.88. The van der Waals surface area contributed by atoms with E-state index in [4.69, 9.17) is 21.1 Å². The standard InChI is InChI=1S/C22H21ClN2O5/c1-12-20(27)24(4)15-9-13(5-7-18(15)29-12)17(26)11-25-16-10-14(23)6-8-19(16)30-22(2,3)21(25)28/h5-10,12H,11H2,1-4H3. The van der Waals surface area contributed by atoms with Crippen LogP contribution in [0.15, 0.2) is 36.4 Å². The van der Waals surface area contributed by atoms with Crippen LogP contribution in [0.1, 0.15) is 31.1 Å². The van der Waals surface area contributed by atoms with Crippen LogP contribution in [-0.2, 0) is 9.59 Å². The fourth-order valence-electron chi connectivity index (χ4n) is 3.62. The molecule has 0 aliphatic carbocycles. The molecule has 0 spiro atoms. The van der Waals surface area contributed by atoms with Crippen LogP contribution < -0.4 is 19.3 Å². The van der Waals surface area contributed by atoms with E-state index in [1.807, 2.05) is 0 Å². The van der Waals surface area contributed by atoms with Crippen LogP contribution in [0.2, 0.25) is 5.02 Å². The number of amides is 2. The Balaban J connectivity index is 1.67. The number of rotatable bonds is 3. The molecule has 8 heteroatoms. The fourth-order valence-corrected chi connectivity index (χ4v) is 3.78. The smallest absolute Gasteiger partial charge is 0.271 e. The number of carbonyl (C=O) groups is 3. The van der Waals surface area contributed by atoms with Gasteiger partial charge in [0.1, 0.15) is 11.5 Å². The summed E-state index contributed by atoms with van der Waals surface area (Å²) >= 11 is 6.11. The van der Waals surface area contributed by atoms with Gasteiger partial charge in [0, 0.05) is 17.6 Å². The molecule has 0 fully saturated rings. The van der Waals surface area contributed by atoms with Gasteiger partial charge < -0.3 is 14.4 Å². The summed E-state index contributed by atoms with van der Waals surface area (Å²) in [6, 6.07) is 9.86. The van der Waals surface area contributed by atoms with Crippen LogP contribution in [-0.4, -0.2) is 42.9 Å². The Kier molecular flexibility index (Phi) is 4.73. The topological polar surface area (TPSA) is 76.2 Å². The van der Waals surface area contributed by atoms with Crippen LogP contribution in [0.3, 0.4) is 0 Å². The lowest BCUT2D eigenvalue weighted by Gasteiger charge is -2.38. The molecule has 2 amide bonds. The van der Waals surface area contributed by atoms with E-state index in [0.29, 0.717) is 33.5 Å². The van der Waals surface area contributed by atoms with Gasteiger partial charge in [-0.05, 0) is 57.2 Å². The number of ketones is 1. The average Bonchev–Trinajstić information content (AvgIpc) is 2.70. The summed E-state index contributed by atoms with van der Waals surface area (Å²) in [7, 11) is 1.64. The average molecular weight is 429 g/mol. The Morgan fingerprint density at radius 3 is 2.53 bits per heavy atom. The molecule has 1 atom stereocenters. The van der Waals surface area contributed by atoms with Gasteiger partial charge in [0.05, 0.1) is 17.9 Å². The van der Waals surface area contributed by atoms with E-state index < -0.39 is 11.7 Å². The predicted octanol–water partition coefficient (Wildman–Crippen LogP) is 3.47. The summed E-state index contributed by atoms with van der Waals surface area (Å²) in [5.74, 6) is 0.194. The first-order chi connectivity index (χ1) is 14.1. The number of nitrogens with zero attached hydrogens (tertiary/aromatic N) is 2. The monoisotopic (exact) mass is 428 g/mol. The van der Waals surface area contributed by atoms with Gasteiger partial charge in [-0.3, -0.25) is 19.3 Å². The zero-order valence-corrected chi connectivity index (χ0v) is 17.8. The number of likely N-dealkylation sites (N-methyl/N-ethyl adjacent to an activating group) is 1. The normalized spacial score (nSPS) is 19.6. The minimum Gasteiger partial charge on any atom is -0.479 e. The van der Waals surface area contributed by atoms with Crippen molar-refractivity contribution in [3.05, 3.63) is 47.0 Å². The van der Waals surface area contributed by atoms with E-state index in [1.54, 1.807) is 64.2 Å². The van der Waals surface area contributed by atoms with Crippen LogP contribution in [0.5, 0.6) is 11.5 Å². The maximum absolute atomic E-state index is 13.1. The highest BCUT2D eigenvalue weighted by Gasteiger charge is 2.42. The molecular formula is C22H21ClN2O5. The Bertz CT molecular complexity index is 1080. The number of fused-ring (bicyclic) bond motifs is 2. The molecule has 0 aromatic heterocycles. The van der Waals surface area contributed by atoms with Crippen molar-refractivity contribution in [2.75, 3.05) is 23.4 Å². The third-order valence-corrected chi connectivity index (χ3v) is 5.50. The Hall–Kier alpha value is -3.06. The summed E-state index contributed by atoms with van der Waals surface area (Å²) in [5.41, 5.74) is 0.212. The highest BCUT2D eigenvalue weighted by molar-refractivity contribution is 6.31. The summed E-state index contributed by atoms with van der Waals surface area (Å²) in [6.07, 6.45) is -0.585. The second kappa shape index (κ2) is 7.02. The lowest BCUT2D eigenvalue weighted by molar-refractivity contribution is -0.132. The van der Waals surface area contributed by atoms with Gasteiger partial charge in [0.2, 0.25) is 0 Å². The molecule has 1 unspecified atom stereocenters. The number of hydrogen-bond donors (Lipinski definition) is 0. The number of ether oxygens (including phenoxy) is 2. The predicted molar refractivity (Wildman–Crippen MR) is 113 cm³/mol. The number of halogens is 1. The maximum atomic E-state index is 13.1. The largest absolute Gasteiger partial charge is 0.479 e.